The second kappa shape index (κ2) is 7.40. The van der Waals surface area contributed by atoms with Gasteiger partial charge in [0, 0.05) is 18.1 Å². The topological polar surface area (TPSA) is 88.8 Å². The monoisotopic (exact) mass is 444 g/mol. The largest absolute Gasteiger partial charge is 0.573 e. The van der Waals surface area contributed by atoms with E-state index >= 15 is 0 Å². The van der Waals surface area contributed by atoms with Gasteiger partial charge in [0.15, 0.2) is 0 Å². The highest BCUT2D eigenvalue weighted by Gasteiger charge is 2.51. The predicted molar refractivity (Wildman–Crippen MR) is 112 cm³/mol. The molecule has 2 N–H and O–H groups in total. The molecule has 0 radical (unpaired) electrons. The Hall–Kier alpha value is -3.82. The number of fused-ring (bicyclic) bond motifs is 1. The number of anilines is 2. The molecule has 3 aromatic rings. The van der Waals surface area contributed by atoms with E-state index < -0.39 is 29.6 Å². The van der Waals surface area contributed by atoms with Crippen LogP contribution >= 0.6 is 0 Å². The maximum Gasteiger partial charge on any atom is 0.573 e. The predicted octanol–water partition coefficient (Wildman–Crippen LogP) is 4.46. The quantitative estimate of drug-likeness (QED) is 0.474. The molecule has 1 fully saturated rings. The van der Waals surface area contributed by atoms with Crippen molar-refractivity contribution in [3.63, 3.8) is 0 Å². The first-order valence-corrected chi connectivity index (χ1v) is 9.63. The Morgan fingerprint density at radius 1 is 1.06 bits per heavy atom. The van der Waals surface area contributed by atoms with Gasteiger partial charge in [-0.25, -0.2) is 9.69 Å². The first-order chi connectivity index (χ1) is 15.0. The van der Waals surface area contributed by atoms with Gasteiger partial charge in [0.25, 0.3) is 5.91 Å². The zero-order chi connectivity index (χ0) is 23.3. The van der Waals surface area contributed by atoms with Gasteiger partial charge in [-0.1, -0.05) is 12.1 Å². The molecule has 1 aliphatic rings. The van der Waals surface area contributed by atoms with Crippen molar-refractivity contribution in [2.24, 2.45) is 0 Å². The maximum absolute atomic E-state index is 13.2. The first-order valence-electron chi connectivity index (χ1n) is 9.63. The number of hydrogen-bond donors (Lipinski definition) is 1. The number of pyridine rings is 1. The highest BCUT2D eigenvalue weighted by atomic mass is 19.4. The van der Waals surface area contributed by atoms with Crippen LogP contribution in [0.15, 0.2) is 54.7 Å². The molecule has 1 aromatic heterocycles. The Bertz CT molecular complexity index is 1210. The molecule has 2 heterocycles. The summed E-state index contributed by atoms with van der Waals surface area (Å²) in [5.74, 6) is -0.942. The number of carbonyl (C=O) groups is 2. The third-order valence-corrected chi connectivity index (χ3v) is 5.37. The smallest absolute Gasteiger partial charge is 0.406 e. The molecular weight excluding hydrogens is 425 g/mol. The third-order valence-electron chi connectivity index (χ3n) is 5.37. The molecule has 32 heavy (non-hydrogen) atoms. The fourth-order valence-electron chi connectivity index (χ4n) is 3.69. The number of alkyl halides is 3. The molecule has 0 aliphatic carbocycles. The van der Waals surface area contributed by atoms with E-state index in [0.717, 1.165) is 28.0 Å². The van der Waals surface area contributed by atoms with Crippen LogP contribution in [0.25, 0.3) is 10.9 Å². The van der Waals surface area contributed by atoms with E-state index in [4.69, 9.17) is 5.73 Å². The fourth-order valence-corrected chi connectivity index (χ4v) is 3.69. The lowest BCUT2D eigenvalue weighted by Gasteiger charge is -2.28. The number of ether oxygens (including phenoxy) is 1. The molecular formula is C22H19F3N4O3. The second-order valence-corrected chi connectivity index (χ2v) is 7.82. The van der Waals surface area contributed by atoms with Gasteiger partial charge in [-0.05, 0) is 55.8 Å². The number of urea groups is 1. The zero-order valence-corrected chi connectivity index (χ0v) is 17.2. The van der Waals surface area contributed by atoms with Crippen molar-refractivity contribution in [3.05, 3.63) is 60.3 Å². The van der Waals surface area contributed by atoms with E-state index in [2.05, 4.69) is 9.72 Å². The molecule has 0 atom stereocenters. The summed E-state index contributed by atoms with van der Waals surface area (Å²) in [6, 6.07) is 11.1. The number of benzene rings is 2. The van der Waals surface area contributed by atoms with Gasteiger partial charge in [0.1, 0.15) is 11.3 Å². The summed E-state index contributed by atoms with van der Waals surface area (Å²) in [5, 5.41) is 0.760. The lowest BCUT2D eigenvalue weighted by molar-refractivity contribution is -0.274. The molecule has 7 nitrogen and oxygen atoms in total. The van der Waals surface area contributed by atoms with E-state index in [0.29, 0.717) is 11.2 Å². The Labute approximate surface area is 181 Å². The summed E-state index contributed by atoms with van der Waals surface area (Å²) in [7, 11) is 0. The average Bonchev–Trinajstić information content (AvgIpc) is 2.88. The third kappa shape index (κ3) is 3.68. The Morgan fingerprint density at radius 3 is 2.41 bits per heavy atom. The number of aromatic nitrogens is 1. The number of para-hydroxylation sites is 1. The minimum atomic E-state index is -4.84. The number of halogens is 3. The number of hydrogen-bond acceptors (Lipinski definition) is 5. The molecule has 0 unspecified atom stereocenters. The van der Waals surface area contributed by atoms with Gasteiger partial charge < -0.3 is 15.4 Å². The van der Waals surface area contributed by atoms with Gasteiger partial charge in [-0.3, -0.25) is 9.78 Å². The lowest BCUT2D eigenvalue weighted by Crippen LogP contribution is -2.43. The van der Waals surface area contributed by atoms with Crippen LogP contribution in [0.2, 0.25) is 0 Å². The van der Waals surface area contributed by atoms with Gasteiger partial charge in [0.05, 0.1) is 16.9 Å². The molecule has 0 saturated carbocycles. The molecule has 2 aromatic carbocycles. The molecule has 4 rings (SSSR count). The van der Waals surface area contributed by atoms with Crippen molar-refractivity contribution in [1.82, 2.24) is 9.88 Å². The van der Waals surface area contributed by atoms with E-state index in [1.165, 1.54) is 17.0 Å². The summed E-state index contributed by atoms with van der Waals surface area (Å²) in [6.45, 7) is 3.35. The highest BCUT2D eigenvalue weighted by molar-refractivity contribution is 6.23. The van der Waals surface area contributed by atoms with Crippen molar-refractivity contribution in [3.8, 4) is 5.75 Å². The van der Waals surface area contributed by atoms with Gasteiger partial charge in [-0.15, -0.1) is 13.2 Å². The molecule has 1 saturated heterocycles. The van der Waals surface area contributed by atoms with Crippen LogP contribution < -0.4 is 15.4 Å². The van der Waals surface area contributed by atoms with Crippen LogP contribution in [0, 0.1) is 0 Å². The summed E-state index contributed by atoms with van der Waals surface area (Å²) in [4.78, 5) is 33.0. The van der Waals surface area contributed by atoms with Crippen LogP contribution in [-0.4, -0.2) is 33.7 Å². The Morgan fingerprint density at radius 2 is 1.75 bits per heavy atom. The van der Waals surface area contributed by atoms with Crippen molar-refractivity contribution in [2.45, 2.75) is 32.3 Å². The highest BCUT2D eigenvalue weighted by Crippen LogP contribution is 2.35. The number of imide groups is 1. The van der Waals surface area contributed by atoms with Gasteiger partial charge in [0.2, 0.25) is 0 Å². The molecule has 3 amide bonds. The van der Waals surface area contributed by atoms with E-state index in [9.17, 15) is 22.8 Å². The number of nitrogens with zero attached hydrogens (tertiary/aromatic N) is 3. The minimum Gasteiger partial charge on any atom is -0.406 e. The number of nitrogens with two attached hydrogens (primary N) is 1. The normalized spacial score (nSPS) is 16.2. The Balaban J connectivity index is 1.66. The van der Waals surface area contributed by atoms with Crippen LogP contribution in [0.3, 0.4) is 0 Å². The molecule has 0 spiro atoms. The van der Waals surface area contributed by atoms with Crippen molar-refractivity contribution < 1.29 is 27.5 Å². The zero-order valence-electron chi connectivity index (χ0n) is 17.2. The number of rotatable bonds is 4. The summed E-state index contributed by atoms with van der Waals surface area (Å²) < 4.78 is 41.1. The summed E-state index contributed by atoms with van der Waals surface area (Å²) >= 11 is 0. The maximum atomic E-state index is 13.2. The van der Waals surface area contributed by atoms with Crippen LogP contribution in [0.5, 0.6) is 5.75 Å². The summed E-state index contributed by atoms with van der Waals surface area (Å²) in [6.07, 6.45) is -3.25. The van der Waals surface area contributed by atoms with Gasteiger partial charge in [-0.2, -0.15) is 0 Å². The first kappa shape index (κ1) is 21.4. The SMILES string of the molecule is CC1(C)C(=O)N(c2ccc(OC(F)(F)F)cc2)C(=O)N1Cc1ccnc2c(N)cccc12. The molecule has 0 bridgehead atoms. The second-order valence-electron chi connectivity index (χ2n) is 7.82. The van der Waals surface area contributed by atoms with E-state index in [1.807, 2.05) is 6.07 Å². The Kier molecular flexibility index (Phi) is 4.95. The molecule has 1 aliphatic heterocycles. The fraction of sp³-hybridized carbons (Fsp3) is 0.227. The molecule has 10 heteroatoms. The van der Waals surface area contributed by atoms with Gasteiger partial charge >= 0.3 is 12.4 Å². The molecule has 166 valence electrons. The van der Waals surface area contributed by atoms with Crippen molar-refractivity contribution in [2.75, 3.05) is 10.6 Å². The van der Waals surface area contributed by atoms with Crippen LogP contribution in [-0.2, 0) is 11.3 Å². The average molecular weight is 444 g/mol. The minimum absolute atomic E-state index is 0.117. The number of nitrogen functional groups attached to an aromatic ring is 1. The standard InChI is InChI=1S/C22H19F3N4O3/c1-21(2)19(30)29(14-6-8-15(9-7-14)32-22(23,24)25)20(31)28(21)12-13-10-11-27-18-16(13)4-3-5-17(18)26/h3-11H,12,26H2,1-2H3. The number of amides is 3. The van der Waals surface area contributed by atoms with E-state index in [1.54, 1.807) is 38.2 Å². The lowest BCUT2D eigenvalue weighted by atomic mass is 10.0. The van der Waals surface area contributed by atoms with E-state index in [-0.39, 0.29) is 12.2 Å². The summed E-state index contributed by atoms with van der Waals surface area (Å²) in [5.41, 5.74) is 6.81. The van der Waals surface area contributed by atoms with Crippen LogP contribution in [0.1, 0.15) is 19.4 Å². The van der Waals surface area contributed by atoms with Crippen molar-refractivity contribution >= 4 is 34.2 Å². The number of carbonyl (C=O) groups excluding carboxylic acids is 2. The van der Waals surface area contributed by atoms with Crippen LogP contribution in [0.4, 0.5) is 29.3 Å². The van der Waals surface area contributed by atoms with Crippen molar-refractivity contribution in [1.29, 1.82) is 0 Å².